The lowest BCUT2D eigenvalue weighted by Gasteiger charge is -2.20. The summed E-state index contributed by atoms with van der Waals surface area (Å²) in [6.07, 6.45) is 6.15. The standard InChI is InChI=1S/C18H24N2O2/c1-19-16(21)9-4-10-17(22)20-15-11-13-7-2-5-12-6-3-8-14(15)18(12)13/h3,6,8,13,15H,2,4-5,7,9-11H2,1H3,(H,19,21)(H,20,22)/t13-,15+/m0/s1. The molecule has 2 amide bonds. The minimum atomic E-state index is -0.00499. The highest BCUT2D eigenvalue weighted by Crippen LogP contribution is 2.47. The Bertz CT molecular complexity index is 582. The number of carbonyl (C=O) groups excluding carboxylic acids is 2. The van der Waals surface area contributed by atoms with E-state index >= 15 is 0 Å². The monoisotopic (exact) mass is 300 g/mol. The molecule has 0 radical (unpaired) electrons. The number of nitrogens with one attached hydrogen (secondary N) is 2. The fraction of sp³-hybridized carbons (Fsp3) is 0.556. The van der Waals surface area contributed by atoms with E-state index in [1.807, 2.05) is 0 Å². The predicted molar refractivity (Wildman–Crippen MR) is 85.5 cm³/mol. The first-order valence-electron chi connectivity index (χ1n) is 8.30. The molecule has 0 saturated heterocycles. The van der Waals surface area contributed by atoms with Crippen LogP contribution < -0.4 is 10.6 Å². The first-order valence-corrected chi connectivity index (χ1v) is 8.30. The van der Waals surface area contributed by atoms with Gasteiger partial charge in [-0.3, -0.25) is 9.59 Å². The molecule has 0 heterocycles. The number of aryl methyl sites for hydroxylation is 1. The van der Waals surface area contributed by atoms with E-state index in [-0.39, 0.29) is 17.9 Å². The van der Waals surface area contributed by atoms with Gasteiger partial charge in [-0.05, 0) is 54.7 Å². The van der Waals surface area contributed by atoms with E-state index in [2.05, 4.69) is 28.8 Å². The maximum atomic E-state index is 12.1. The Morgan fingerprint density at radius 3 is 2.86 bits per heavy atom. The zero-order valence-electron chi connectivity index (χ0n) is 13.2. The third-order valence-electron chi connectivity index (χ3n) is 4.95. The summed E-state index contributed by atoms with van der Waals surface area (Å²) in [6, 6.07) is 6.68. The molecular formula is C18H24N2O2. The Balaban J connectivity index is 1.60. The zero-order chi connectivity index (χ0) is 15.5. The molecule has 4 heteroatoms. The van der Waals surface area contributed by atoms with E-state index < -0.39 is 0 Å². The van der Waals surface area contributed by atoms with Gasteiger partial charge in [-0.25, -0.2) is 0 Å². The lowest BCUT2D eigenvalue weighted by atomic mass is 9.84. The van der Waals surface area contributed by atoms with E-state index in [0.29, 0.717) is 25.2 Å². The van der Waals surface area contributed by atoms with Crippen molar-refractivity contribution in [2.24, 2.45) is 0 Å². The summed E-state index contributed by atoms with van der Waals surface area (Å²) in [7, 11) is 1.62. The molecule has 1 aromatic carbocycles. The van der Waals surface area contributed by atoms with Crippen LogP contribution in [0.3, 0.4) is 0 Å². The second-order valence-electron chi connectivity index (χ2n) is 6.39. The number of rotatable bonds is 5. The molecule has 3 rings (SSSR count). The fourth-order valence-corrected chi connectivity index (χ4v) is 3.92. The van der Waals surface area contributed by atoms with Gasteiger partial charge in [-0.2, -0.15) is 0 Å². The highest BCUT2D eigenvalue weighted by atomic mass is 16.2. The normalized spacial score (nSPS) is 22.0. The van der Waals surface area contributed by atoms with Crippen LogP contribution in [-0.4, -0.2) is 18.9 Å². The van der Waals surface area contributed by atoms with Crippen LogP contribution in [0.5, 0.6) is 0 Å². The molecule has 0 fully saturated rings. The molecule has 2 aliphatic rings. The maximum absolute atomic E-state index is 12.1. The lowest BCUT2D eigenvalue weighted by Crippen LogP contribution is -2.27. The van der Waals surface area contributed by atoms with Crippen molar-refractivity contribution in [2.75, 3.05) is 7.05 Å². The van der Waals surface area contributed by atoms with E-state index in [0.717, 1.165) is 6.42 Å². The average molecular weight is 300 g/mol. The van der Waals surface area contributed by atoms with Crippen molar-refractivity contribution in [3.63, 3.8) is 0 Å². The van der Waals surface area contributed by atoms with Crippen LogP contribution in [0.4, 0.5) is 0 Å². The van der Waals surface area contributed by atoms with Crippen molar-refractivity contribution in [3.8, 4) is 0 Å². The first kappa shape index (κ1) is 15.1. The van der Waals surface area contributed by atoms with Gasteiger partial charge in [0.05, 0.1) is 6.04 Å². The molecule has 0 bridgehead atoms. The topological polar surface area (TPSA) is 58.2 Å². The molecule has 0 unspecified atom stereocenters. The second kappa shape index (κ2) is 6.51. The molecule has 2 aliphatic carbocycles. The van der Waals surface area contributed by atoms with Crippen molar-refractivity contribution in [1.82, 2.24) is 10.6 Å². The van der Waals surface area contributed by atoms with Gasteiger partial charge in [0.1, 0.15) is 0 Å². The fourth-order valence-electron chi connectivity index (χ4n) is 3.92. The molecule has 0 spiro atoms. The third-order valence-corrected chi connectivity index (χ3v) is 4.95. The Labute approximate surface area is 131 Å². The van der Waals surface area contributed by atoms with E-state index in [1.54, 1.807) is 7.05 Å². The number of benzene rings is 1. The van der Waals surface area contributed by atoms with Crippen LogP contribution in [0.1, 0.15) is 67.2 Å². The molecular weight excluding hydrogens is 276 g/mol. The van der Waals surface area contributed by atoms with Gasteiger partial charge in [0.15, 0.2) is 0 Å². The molecule has 2 N–H and O–H groups in total. The van der Waals surface area contributed by atoms with Crippen LogP contribution >= 0.6 is 0 Å². The second-order valence-corrected chi connectivity index (χ2v) is 6.39. The van der Waals surface area contributed by atoms with Gasteiger partial charge >= 0.3 is 0 Å². The zero-order valence-corrected chi connectivity index (χ0v) is 13.2. The van der Waals surface area contributed by atoms with E-state index in [1.165, 1.54) is 36.0 Å². The highest BCUT2D eigenvalue weighted by molar-refractivity contribution is 5.79. The number of carbonyl (C=O) groups is 2. The first-order chi connectivity index (χ1) is 10.7. The van der Waals surface area contributed by atoms with Gasteiger partial charge in [0.2, 0.25) is 11.8 Å². The van der Waals surface area contributed by atoms with Crippen molar-refractivity contribution in [2.45, 2.75) is 56.9 Å². The Morgan fingerprint density at radius 2 is 2.05 bits per heavy atom. The summed E-state index contributed by atoms with van der Waals surface area (Å²) in [5.74, 6) is 0.677. The largest absolute Gasteiger partial charge is 0.359 e. The average Bonchev–Trinajstić information content (AvgIpc) is 2.87. The molecule has 4 nitrogen and oxygen atoms in total. The third kappa shape index (κ3) is 3.01. The van der Waals surface area contributed by atoms with Crippen LogP contribution in [0, 0.1) is 0 Å². The van der Waals surface area contributed by atoms with Gasteiger partial charge in [0, 0.05) is 19.9 Å². The summed E-state index contributed by atoms with van der Waals surface area (Å²) in [6.45, 7) is 0. The van der Waals surface area contributed by atoms with Gasteiger partial charge < -0.3 is 10.6 Å². The summed E-state index contributed by atoms with van der Waals surface area (Å²) in [5, 5.41) is 5.76. The van der Waals surface area contributed by atoms with Crippen LogP contribution in [-0.2, 0) is 16.0 Å². The molecule has 0 aliphatic heterocycles. The SMILES string of the molecule is CNC(=O)CCCC(=O)N[C@@H]1C[C@@H]2CCCc3cccc1c32. The summed E-state index contributed by atoms with van der Waals surface area (Å²) < 4.78 is 0. The summed E-state index contributed by atoms with van der Waals surface area (Å²) in [5.41, 5.74) is 4.30. The summed E-state index contributed by atoms with van der Waals surface area (Å²) in [4.78, 5) is 23.3. The van der Waals surface area contributed by atoms with E-state index in [4.69, 9.17) is 0 Å². The molecule has 2 atom stereocenters. The van der Waals surface area contributed by atoms with Gasteiger partial charge in [-0.15, -0.1) is 0 Å². The number of amides is 2. The highest BCUT2D eigenvalue weighted by Gasteiger charge is 2.34. The molecule has 22 heavy (non-hydrogen) atoms. The van der Waals surface area contributed by atoms with Crippen LogP contribution in [0.25, 0.3) is 0 Å². The minimum Gasteiger partial charge on any atom is -0.359 e. The van der Waals surface area contributed by atoms with Gasteiger partial charge in [-0.1, -0.05) is 18.2 Å². The molecule has 0 aromatic heterocycles. The van der Waals surface area contributed by atoms with Gasteiger partial charge in [0.25, 0.3) is 0 Å². The Kier molecular flexibility index (Phi) is 4.46. The predicted octanol–water partition coefficient (Wildman–Crippen LogP) is 2.58. The Hall–Kier alpha value is -1.84. The van der Waals surface area contributed by atoms with E-state index in [9.17, 15) is 9.59 Å². The molecule has 118 valence electrons. The number of hydrogen-bond donors (Lipinski definition) is 2. The van der Waals surface area contributed by atoms with Crippen molar-refractivity contribution in [1.29, 1.82) is 0 Å². The minimum absolute atomic E-state index is 0.00499. The lowest BCUT2D eigenvalue weighted by molar-refractivity contribution is -0.122. The van der Waals surface area contributed by atoms with Crippen molar-refractivity contribution in [3.05, 3.63) is 34.9 Å². The maximum Gasteiger partial charge on any atom is 0.220 e. The smallest absolute Gasteiger partial charge is 0.220 e. The van der Waals surface area contributed by atoms with Crippen molar-refractivity contribution < 1.29 is 9.59 Å². The van der Waals surface area contributed by atoms with Crippen LogP contribution in [0.2, 0.25) is 0 Å². The van der Waals surface area contributed by atoms with Crippen molar-refractivity contribution >= 4 is 11.8 Å². The molecule has 1 aromatic rings. The Morgan fingerprint density at radius 1 is 1.23 bits per heavy atom. The quantitative estimate of drug-likeness (QED) is 0.878. The number of hydrogen-bond acceptors (Lipinski definition) is 2. The molecule has 0 saturated carbocycles. The summed E-state index contributed by atoms with van der Waals surface area (Å²) >= 11 is 0. The van der Waals surface area contributed by atoms with Crippen LogP contribution in [0.15, 0.2) is 18.2 Å².